The van der Waals surface area contributed by atoms with Gasteiger partial charge < -0.3 is 9.47 Å². The SMILES string of the molecule is CCOC(=O)/C=C(\CCOCc1ccccc1)c1ccc(C)cc1. The van der Waals surface area contributed by atoms with Crippen LogP contribution < -0.4 is 0 Å². The van der Waals surface area contributed by atoms with Crippen LogP contribution in [0.3, 0.4) is 0 Å². The van der Waals surface area contributed by atoms with Gasteiger partial charge in [-0.15, -0.1) is 0 Å². The molecule has 3 nitrogen and oxygen atoms in total. The van der Waals surface area contributed by atoms with Gasteiger partial charge in [-0.25, -0.2) is 4.79 Å². The van der Waals surface area contributed by atoms with Crippen molar-refractivity contribution < 1.29 is 14.3 Å². The van der Waals surface area contributed by atoms with Crippen LogP contribution >= 0.6 is 0 Å². The minimum atomic E-state index is -0.309. The molecule has 0 aliphatic rings. The van der Waals surface area contributed by atoms with Crippen LogP contribution in [-0.2, 0) is 20.9 Å². The molecule has 24 heavy (non-hydrogen) atoms. The Hall–Kier alpha value is -2.39. The summed E-state index contributed by atoms with van der Waals surface area (Å²) in [5, 5.41) is 0. The van der Waals surface area contributed by atoms with E-state index in [-0.39, 0.29) is 5.97 Å². The zero-order valence-corrected chi connectivity index (χ0v) is 14.3. The van der Waals surface area contributed by atoms with E-state index in [1.807, 2.05) is 61.5 Å². The Morgan fingerprint density at radius 2 is 1.75 bits per heavy atom. The quantitative estimate of drug-likeness (QED) is 0.406. The summed E-state index contributed by atoms with van der Waals surface area (Å²) < 4.78 is 10.8. The summed E-state index contributed by atoms with van der Waals surface area (Å²) >= 11 is 0. The van der Waals surface area contributed by atoms with Gasteiger partial charge in [0.2, 0.25) is 0 Å². The van der Waals surface area contributed by atoms with Gasteiger partial charge in [-0.1, -0.05) is 60.2 Å². The van der Waals surface area contributed by atoms with Gasteiger partial charge >= 0.3 is 5.97 Å². The van der Waals surface area contributed by atoms with Crippen molar-refractivity contribution in [3.63, 3.8) is 0 Å². The summed E-state index contributed by atoms with van der Waals surface area (Å²) in [7, 11) is 0. The summed E-state index contributed by atoms with van der Waals surface area (Å²) in [6.07, 6.45) is 2.23. The first-order chi connectivity index (χ1) is 11.7. The lowest BCUT2D eigenvalue weighted by Crippen LogP contribution is -2.03. The second-order valence-electron chi connectivity index (χ2n) is 5.58. The Bertz CT molecular complexity index is 657. The van der Waals surface area contributed by atoms with E-state index in [0.29, 0.717) is 26.2 Å². The highest BCUT2D eigenvalue weighted by Gasteiger charge is 2.06. The molecule has 0 saturated carbocycles. The lowest BCUT2D eigenvalue weighted by atomic mass is 10.0. The predicted molar refractivity (Wildman–Crippen MR) is 96.5 cm³/mol. The molecule has 126 valence electrons. The Kier molecular flexibility index (Phi) is 7.24. The number of benzene rings is 2. The fraction of sp³-hybridized carbons (Fsp3) is 0.286. The number of rotatable bonds is 8. The van der Waals surface area contributed by atoms with E-state index < -0.39 is 0 Å². The van der Waals surface area contributed by atoms with Crippen LogP contribution in [0.15, 0.2) is 60.7 Å². The molecule has 0 aliphatic carbocycles. The van der Waals surface area contributed by atoms with Gasteiger partial charge in [-0.3, -0.25) is 0 Å². The summed E-state index contributed by atoms with van der Waals surface area (Å²) in [6.45, 7) is 5.35. The first kappa shape index (κ1) is 18.0. The molecule has 0 spiro atoms. The van der Waals surface area contributed by atoms with Crippen molar-refractivity contribution in [1.82, 2.24) is 0 Å². The van der Waals surface area contributed by atoms with Crippen LogP contribution in [0, 0.1) is 6.92 Å². The van der Waals surface area contributed by atoms with Crippen LogP contribution in [0.5, 0.6) is 0 Å². The number of ether oxygens (including phenoxy) is 2. The van der Waals surface area contributed by atoms with E-state index >= 15 is 0 Å². The molecule has 0 fully saturated rings. The van der Waals surface area contributed by atoms with Gasteiger partial charge in [0, 0.05) is 6.08 Å². The maximum Gasteiger partial charge on any atom is 0.331 e. The molecule has 0 amide bonds. The number of hydrogen-bond donors (Lipinski definition) is 0. The molecule has 0 aliphatic heterocycles. The lowest BCUT2D eigenvalue weighted by Gasteiger charge is -2.10. The fourth-order valence-electron chi connectivity index (χ4n) is 2.34. The van der Waals surface area contributed by atoms with Gasteiger partial charge in [0.25, 0.3) is 0 Å². The zero-order valence-electron chi connectivity index (χ0n) is 14.3. The first-order valence-electron chi connectivity index (χ1n) is 8.25. The van der Waals surface area contributed by atoms with Crippen molar-refractivity contribution in [2.45, 2.75) is 26.9 Å². The Morgan fingerprint density at radius 3 is 2.42 bits per heavy atom. The van der Waals surface area contributed by atoms with E-state index in [9.17, 15) is 4.79 Å². The lowest BCUT2D eigenvalue weighted by molar-refractivity contribution is -0.137. The maximum atomic E-state index is 11.8. The molecule has 3 heteroatoms. The summed E-state index contributed by atoms with van der Waals surface area (Å²) in [6, 6.07) is 18.2. The molecule has 0 aromatic heterocycles. The van der Waals surface area contributed by atoms with E-state index in [2.05, 4.69) is 0 Å². The van der Waals surface area contributed by atoms with Gasteiger partial charge in [-0.05, 0) is 37.0 Å². The average molecular weight is 324 g/mol. The third-order valence-electron chi connectivity index (χ3n) is 3.63. The maximum absolute atomic E-state index is 11.8. The molecule has 2 aromatic carbocycles. The third kappa shape index (κ3) is 6.01. The molecule has 0 unspecified atom stereocenters. The van der Waals surface area contributed by atoms with Crippen molar-refractivity contribution in [1.29, 1.82) is 0 Å². The largest absolute Gasteiger partial charge is 0.463 e. The topological polar surface area (TPSA) is 35.5 Å². The monoisotopic (exact) mass is 324 g/mol. The highest BCUT2D eigenvalue weighted by atomic mass is 16.5. The molecule has 0 saturated heterocycles. The molecule has 2 aromatic rings. The molecular formula is C21H24O3. The first-order valence-corrected chi connectivity index (χ1v) is 8.25. The molecule has 0 radical (unpaired) electrons. The fourth-order valence-corrected chi connectivity index (χ4v) is 2.34. The molecule has 0 heterocycles. The smallest absolute Gasteiger partial charge is 0.331 e. The van der Waals surface area contributed by atoms with Crippen LogP contribution in [0.4, 0.5) is 0 Å². The molecule has 0 atom stereocenters. The van der Waals surface area contributed by atoms with Crippen LogP contribution in [0.25, 0.3) is 5.57 Å². The Labute approximate surface area is 143 Å². The van der Waals surface area contributed by atoms with Gasteiger partial charge in [0.15, 0.2) is 0 Å². The molecular weight excluding hydrogens is 300 g/mol. The van der Waals surface area contributed by atoms with Crippen molar-refractivity contribution in [2.75, 3.05) is 13.2 Å². The van der Waals surface area contributed by atoms with Gasteiger partial charge in [0.05, 0.1) is 19.8 Å². The van der Waals surface area contributed by atoms with E-state index in [1.54, 1.807) is 13.0 Å². The summed E-state index contributed by atoms with van der Waals surface area (Å²) in [4.78, 5) is 11.8. The second-order valence-corrected chi connectivity index (χ2v) is 5.58. The van der Waals surface area contributed by atoms with Crippen LogP contribution in [-0.4, -0.2) is 19.2 Å². The summed E-state index contributed by atoms with van der Waals surface area (Å²) in [5.74, 6) is -0.309. The van der Waals surface area contributed by atoms with E-state index in [1.165, 1.54) is 5.56 Å². The van der Waals surface area contributed by atoms with E-state index in [0.717, 1.165) is 16.7 Å². The van der Waals surface area contributed by atoms with Crippen LogP contribution in [0.2, 0.25) is 0 Å². The van der Waals surface area contributed by atoms with Crippen molar-refractivity contribution >= 4 is 11.5 Å². The number of esters is 1. The Balaban J connectivity index is 1.97. The van der Waals surface area contributed by atoms with Crippen molar-refractivity contribution in [2.24, 2.45) is 0 Å². The predicted octanol–water partition coefficient (Wildman–Crippen LogP) is 4.55. The van der Waals surface area contributed by atoms with Gasteiger partial charge in [0.1, 0.15) is 0 Å². The van der Waals surface area contributed by atoms with Crippen LogP contribution in [0.1, 0.15) is 30.0 Å². The standard InChI is InChI=1S/C21H24O3/c1-3-24-21(22)15-20(19-11-9-17(2)10-12-19)13-14-23-16-18-7-5-4-6-8-18/h4-12,15H,3,13-14,16H2,1-2H3/b20-15+. The number of carbonyl (C=O) groups excluding carboxylic acids is 1. The number of hydrogen-bond acceptors (Lipinski definition) is 3. The highest BCUT2D eigenvalue weighted by molar-refractivity contribution is 5.91. The average Bonchev–Trinajstić information content (AvgIpc) is 2.59. The second kappa shape index (κ2) is 9.68. The molecule has 0 N–H and O–H groups in total. The molecule has 0 bridgehead atoms. The van der Waals surface area contributed by atoms with Gasteiger partial charge in [-0.2, -0.15) is 0 Å². The van der Waals surface area contributed by atoms with E-state index in [4.69, 9.17) is 9.47 Å². The van der Waals surface area contributed by atoms with Crippen molar-refractivity contribution in [3.8, 4) is 0 Å². The number of carbonyl (C=O) groups is 1. The normalized spacial score (nSPS) is 11.3. The molecule has 2 rings (SSSR count). The summed E-state index contributed by atoms with van der Waals surface area (Å²) in [5.41, 5.74) is 4.29. The number of aryl methyl sites for hydroxylation is 1. The highest BCUT2D eigenvalue weighted by Crippen LogP contribution is 2.19. The van der Waals surface area contributed by atoms with Crippen molar-refractivity contribution in [3.05, 3.63) is 77.4 Å². The Morgan fingerprint density at radius 1 is 1.04 bits per heavy atom. The third-order valence-corrected chi connectivity index (χ3v) is 3.63. The minimum absolute atomic E-state index is 0.309. The zero-order chi connectivity index (χ0) is 17.2. The minimum Gasteiger partial charge on any atom is -0.463 e.